The quantitative estimate of drug-likeness (QED) is 0.377. The second-order valence-electron chi connectivity index (χ2n) is 6.26. The van der Waals surface area contributed by atoms with Crippen LogP contribution in [-0.4, -0.2) is 59.6 Å². The molecule has 5 nitrogen and oxygen atoms in total. The number of hydrogen-bond donors (Lipinski definition) is 3. The van der Waals surface area contributed by atoms with Gasteiger partial charge < -0.3 is 24.8 Å². The van der Waals surface area contributed by atoms with Crippen molar-refractivity contribution in [2.24, 2.45) is 0 Å². The first-order chi connectivity index (χ1) is 11.2. The molecule has 1 rings (SSSR count). The molecule has 0 aliphatic carbocycles. The lowest BCUT2D eigenvalue weighted by Gasteiger charge is -2.37. The van der Waals surface area contributed by atoms with E-state index < -0.39 is 24.4 Å². The highest BCUT2D eigenvalue weighted by atomic mass is 16.6. The number of unbranched alkanes of at least 4 members (excludes halogenated alkanes) is 6. The number of ether oxygens (including phenoxy) is 2. The fraction of sp³-hybridized carbons (Fsp3) is 0.889. The minimum atomic E-state index is -0.973. The SMILES string of the molecule is CCC/C=C/CCCCCCCO[C@@H]1[C@@H](O)[C@H](CO)OC[C@H]1O. The number of hydrogen-bond acceptors (Lipinski definition) is 5. The van der Waals surface area contributed by atoms with Gasteiger partial charge in [-0.25, -0.2) is 0 Å². The minimum absolute atomic E-state index is 0.0957. The molecule has 0 aromatic carbocycles. The second-order valence-corrected chi connectivity index (χ2v) is 6.26. The molecule has 0 amide bonds. The molecule has 0 unspecified atom stereocenters. The van der Waals surface area contributed by atoms with Crippen molar-refractivity contribution < 1.29 is 24.8 Å². The first-order valence-electron chi connectivity index (χ1n) is 9.05. The average molecular weight is 330 g/mol. The van der Waals surface area contributed by atoms with Crippen molar-refractivity contribution in [3.8, 4) is 0 Å². The lowest BCUT2D eigenvalue weighted by molar-refractivity contribution is -0.210. The molecule has 1 aliphatic rings. The summed E-state index contributed by atoms with van der Waals surface area (Å²) >= 11 is 0. The topological polar surface area (TPSA) is 79.2 Å². The van der Waals surface area contributed by atoms with Crippen LogP contribution in [0.25, 0.3) is 0 Å². The van der Waals surface area contributed by atoms with Gasteiger partial charge in [0.2, 0.25) is 0 Å². The van der Waals surface area contributed by atoms with Gasteiger partial charge in [0.25, 0.3) is 0 Å². The Bertz CT molecular complexity index is 308. The molecular formula is C18H34O5. The van der Waals surface area contributed by atoms with Gasteiger partial charge in [0, 0.05) is 6.61 Å². The summed E-state index contributed by atoms with van der Waals surface area (Å²) in [7, 11) is 0. The van der Waals surface area contributed by atoms with Gasteiger partial charge >= 0.3 is 0 Å². The Balaban J connectivity index is 2.01. The van der Waals surface area contributed by atoms with E-state index in [2.05, 4.69) is 19.1 Å². The van der Waals surface area contributed by atoms with Gasteiger partial charge in [-0.2, -0.15) is 0 Å². The van der Waals surface area contributed by atoms with E-state index in [0.29, 0.717) is 6.61 Å². The Labute approximate surface area is 140 Å². The van der Waals surface area contributed by atoms with E-state index in [-0.39, 0.29) is 13.2 Å². The Morgan fingerprint density at radius 2 is 1.74 bits per heavy atom. The lowest BCUT2D eigenvalue weighted by Crippen LogP contribution is -2.55. The third kappa shape index (κ3) is 8.27. The molecule has 136 valence electrons. The zero-order chi connectivity index (χ0) is 16.9. The van der Waals surface area contributed by atoms with Gasteiger partial charge in [-0.05, 0) is 25.7 Å². The highest BCUT2D eigenvalue weighted by molar-refractivity contribution is 4.87. The molecule has 23 heavy (non-hydrogen) atoms. The summed E-state index contributed by atoms with van der Waals surface area (Å²) in [5.74, 6) is 0. The van der Waals surface area contributed by atoms with Crippen molar-refractivity contribution in [2.75, 3.05) is 19.8 Å². The largest absolute Gasteiger partial charge is 0.394 e. The molecule has 1 fully saturated rings. The second kappa shape index (κ2) is 12.9. The highest BCUT2D eigenvalue weighted by Crippen LogP contribution is 2.19. The monoisotopic (exact) mass is 330 g/mol. The minimum Gasteiger partial charge on any atom is -0.394 e. The number of aliphatic hydroxyl groups excluding tert-OH is 3. The van der Waals surface area contributed by atoms with Crippen LogP contribution in [-0.2, 0) is 9.47 Å². The smallest absolute Gasteiger partial charge is 0.114 e. The van der Waals surface area contributed by atoms with Crippen molar-refractivity contribution in [1.82, 2.24) is 0 Å². The van der Waals surface area contributed by atoms with Gasteiger partial charge in [0.05, 0.1) is 13.2 Å². The van der Waals surface area contributed by atoms with E-state index in [1.165, 1.54) is 38.5 Å². The van der Waals surface area contributed by atoms with E-state index in [4.69, 9.17) is 14.6 Å². The zero-order valence-electron chi connectivity index (χ0n) is 14.4. The van der Waals surface area contributed by atoms with Crippen LogP contribution in [0.1, 0.15) is 58.3 Å². The molecule has 5 heteroatoms. The first-order valence-corrected chi connectivity index (χ1v) is 9.05. The predicted octanol–water partition coefficient (Wildman–Crippen LogP) is 2.18. The summed E-state index contributed by atoms with van der Waals surface area (Å²) < 4.78 is 10.8. The Hall–Kier alpha value is -0.460. The van der Waals surface area contributed by atoms with Crippen molar-refractivity contribution in [3.05, 3.63) is 12.2 Å². The Kier molecular flexibility index (Phi) is 11.5. The van der Waals surface area contributed by atoms with Crippen LogP contribution in [0.3, 0.4) is 0 Å². The van der Waals surface area contributed by atoms with Crippen LogP contribution in [0.5, 0.6) is 0 Å². The van der Waals surface area contributed by atoms with E-state index in [1.54, 1.807) is 0 Å². The number of aliphatic hydroxyl groups is 3. The molecule has 0 bridgehead atoms. The van der Waals surface area contributed by atoms with Gasteiger partial charge in [-0.1, -0.05) is 44.8 Å². The fourth-order valence-electron chi connectivity index (χ4n) is 2.74. The molecule has 0 spiro atoms. The molecule has 1 saturated heterocycles. The first kappa shape index (κ1) is 20.6. The van der Waals surface area contributed by atoms with E-state index in [9.17, 15) is 10.2 Å². The van der Waals surface area contributed by atoms with Crippen molar-refractivity contribution in [1.29, 1.82) is 0 Å². The summed E-state index contributed by atoms with van der Waals surface area (Å²) in [6.07, 6.45) is 10.6. The molecule has 4 atom stereocenters. The molecule has 1 heterocycles. The Morgan fingerprint density at radius 3 is 2.48 bits per heavy atom. The van der Waals surface area contributed by atoms with E-state index in [1.807, 2.05) is 0 Å². The molecule has 0 aromatic rings. The standard InChI is InChI=1S/C18H34O5/c1-2-3-4-5-6-7-8-9-10-11-12-22-18-15(20)14-23-16(13-19)17(18)21/h4-5,15-21H,2-3,6-14H2,1H3/b5-4+/t15-,16+,17+,18+/m1/s1. The Morgan fingerprint density at radius 1 is 1.04 bits per heavy atom. The van der Waals surface area contributed by atoms with Gasteiger partial charge in [-0.15, -0.1) is 0 Å². The van der Waals surface area contributed by atoms with Gasteiger partial charge in [0.15, 0.2) is 0 Å². The van der Waals surface area contributed by atoms with Gasteiger partial charge in [0.1, 0.15) is 24.4 Å². The van der Waals surface area contributed by atoms with Crippen LogP contribution in [0.2, 0.25) is 0 Å². The summed E-state index contributed by atoms with van der Waals surface area (Å²) in [6, 6.07) is 0. The maximum absolute atomic E-state index is 9.98. The summed E-state index contributed by atoms with van der Waals surface area (Å²) in [4.78, 5) is 0. The maximum atomic E-state index is 9.98. The average Bonchev–Trinajstić information content (AvgIpc) is 2.55. The molecule has 0 radical (unpaired) electrons. The van der Waals surface area contributed by atoms with Crippen LogP contribution >= 0.6 is 0 Å². The third-order valence-corrected chi connectivity index (χ3v) is 4.21. The maximum Gasteiger partial charge on any atom is 0.114 e. The van der Waals surface area contributed by atoms with Crippen LogP contribution in [0.4, 0.5) is 0 Å². The third-order valence-electron chi connectivity index (χ3n) is 4.21. The summed E-state index contributed by atoms with van der Waals surface area (Å²) in [5, 5.41) is 28.9. The van der Waals surface area contributed by atoms with E-state index in [0.717, 1.165) is 12.8 Å². The van der Waals surface area contributed by atoms with Crippen LogP contribution < -0.4 is 0 Å². The van der Waals surface area contributed by atoms with Gasteiger partial charge in [-0.3, -0.25) is 0 Å². The fourth-order valence-corrected chi connectivity index (χ4v) is 2.74. The zero-order valence-corrected chi connectivity index (χ0v) is 14.4. The van der Waals surface area contributed by atoms with Crippen molar-refractivity contribution >= 4 is 0 Å². The summed E-state index contributed by atoms with van der Waals surface area (Å²) in [5.41, 5.74) is 0. The van der Waals surface area contributed by atoms with Crippen molar-refractivity contribution in [2.45, 2.75) is 82.7 Å². The molecular weight excluding hydrogens is 296 g/mol. The van der Waals surface area contributed by atoms with Crippen molar-refractivity contribution in [3.63, 3.8) is 0 Å². The molecule has 0 saturated carbocycles. The van der Waals surface area contributed by atoms with Crippen LogP contribution in [0.15, 0.2) is 12.2 Å². The molecule has 3 N–H and O–H groups in total. The number of allylic oxidation sites excluding steroid dienone is 2. The van der Waals surface area contributed by atoms with E-state index >= 15 is 0 Å². The predicted molar refractivity (Wildman–Crippen MR) is 90.3 cm³/mol. The highest BCUT2D eigenvalue weighted by Gasteiger charge is 2.38. The molecule has 1 aliphatic heterocycles. The normalized spacial score (nSPS) is 28.5. The van der Waals surface area contributed by atoms with Crippen LogP contribution in [0, 0.1) is 0 Å². The number of rotatable bonds is 12. The molecule has 0 aromatic heterocycles. The summed E-state index contributed by atoms with van der Waals surface area (Å²) in [6.45, 7) is 2.54. The lowest BCUT2D eigenvalue weighted by atomic mass is 10.0.